The highest BCUT2D eigenvalue weighted by molar-refractivity contribution is 5.20. The van der Waals surface area contributed by atoms with Crippen molar-refractivity contribution in [3.63, 3.8) is 0 Å². The summed E-state index contributed by atoms with van der Waals surface area (Å²) in [6.45, 7) is 9.30. The first-order valence-electron chi connectivity index (χ1n) is 5.89. The molecular weight excluding hydrogens is 156 g/mol. The highest BCUT2D eigenvalue weighted by Gasteiger charge is 2.31. The summed E-state index contributed by atoms with van der Waals surface area (Å²) in [5.74, 6) is 2.72. The third kappa shape index (κ3) is 2.36. The van der Waals surface area contributed by atoms with Crippen LogP contribution in [0.3, 0.4) is 0 Å². The van der Waals surface area contributed by atoms with Gasteiger partial charge in [-0.3, -0.25) is 0 Å². The van der Waals surface area contributed by atoms with E-state index in [2.05, 4.69) is 33.8 Å². The number of rotatable bonds is 5. The lowest BCUT2D eigenvalue weighted by molar-refractivity contribution is 0.264. The summed E-state index contributed by atoms with van der Waals surface area (Å²) in [5.41, 5.74) is 1.65. The van der Waals surface area contributed by atoms with Gasteiger partial charge in [0.15, 0.2) is 0 Å². The molecule has 0 heterocycles. The molecule has 0 aliphatic heterocycles. The number of hydrogen-bond acceptors (Lipinski definition) is 0. The van der Waals surface area contributed by atoms with E-state index in [0.717, 1.165) is 17.8 Å². The van der Waals surface area contributed by atoms with Crippen molar-refractivity contribution in [1.29, 1.82) is 0 Å². The Balaban J connectivity index is 2.41. The molecule has 3 atom stereocenters. The Hall–Kier alpha value is -0.260. The van der Waals surface area contributed by atoms with Gasteiger partial charge in [0, 0.05) is 0 Å². The minimum absolute atomic E-state index is 0.894. The average Bonchev–Trinajstić information content (AvgIpc) is 2.13. The maximum absolute atomic E-state index is 2.49. The van der Waals surface area contributed by atoms with Crippen LogP contribution in [-0.2, 0) is 0 Å². The van der Waals surface area contributed by atoms with Crippen molar-refractivity contribution < 1.29 is 0 Å². The third-order valence-electron chi connectivity index (χ3n) is 3.67. The van der Waals surface area contributed by atoms with Gasteiger partial charge in [0.1, 0.15) is 0 Å². The second-order valence-corrected chi connectivity index (χ2v) is 4.62. The second kappa shape index (κ2) is 4.83. The van der Waals surface area contributed by atoms with E-state index in [0.29, 0.717) is 0 Å². The van der Waals surface area contributed by atoms with Crippen molar-refractivity contribution in [1.82, 2.24) is 0 Å². The van der Waals surface area contributed by atoms with Crippen LogP contribution in [0.5, 0.6) is 0 Å². The van der Waals surface area contributed by atoms with Crippen molar-refractivity contribution in [2.75, 3.05) is 0 Å². The molecule has 13 heavy (non-hydrogen) atoms. The molecule has 0 fully saturated rings. The highest BCUT2D eigenvalue weighted by atomic mass is 14.4. The zero-order valence-electron chi connectivity index (χ0n) is 9.64. The van der Waals surface area contributed by atoms with Crippen LogP contribution in [-0.4, -0.2) is 0 Å². The molecule has 0 spiro atoms. The van der Waals surface area contributed by atoms with Crippen LogP contribution >= 0.6 is 0 Å². The molecule has 0 aromatic carbocycles. The van der Waals surface area contributed by atoms with E-state index < -0.39 is 0 Å². The molecule has 1 aliphatic rings. The molecule has 0 aromatic rings. The molecule has 1 rings (SSSR count). The highest BCUT2D eigenvalue weighted by Crippen LogP contribution is 2.42. The fourth-order valence-corrected chi connectivity index (χ4v) is 2.41. The van der Waals surface area contributed by atoms with Gasteiger partial charge < -0.3 is 0 Å². The molecule has 76 valence electrons. The Morgan fingerprint density at radius 3 is 2.54 bits per heavy atom. The molecule has 0 saturated heterocycles. The summed E-state index contributed by atoms with van der Waals surface area (Å²) in [6, 6.07) is 0. The van der Waals surface area contributed by atoms with E-state index in [1.165, 1.54) is 25.7 Å². The first-order chi connectivity index (χ1) is 6.20. The van der Waals surface area contributed by atoms with E-state index >= 15 is 0 Å². The smallest absolute Gasteiger partial charge is 0.0140 e. The van der Waals surface area contributed by atoms with Gasteiger partial charge in [-0.05, 0) is 31.1 Å². The average molecular weight is 180 g/mol. The maximum atomic E-state index is 2.49. The van der Waals surface area contributed by atoms with Crippen LogP contribution in [0.2, 0.25) is 0 Å². The summed E-state index contributed by atoms with van der Waals surface area (Å²) in [4.78, 5) is 0. The van der Waals surface area contributed by atoms with Crippen LogP contribution in [0.15, 0.2) is 11.6 Å². The first kappa shape index (κ1) is 10.8. The molecule has 1 aliphatic carbocycles. The molecule has 0 amide bonds. The summed E-state index contributed by atoms with van der Waals surface area (Å²) in [6.07, 6.45) is 8.00. The largest absolute Gasteiger partial charge is 0.0813 e. The summed E-state index contributed by atoms with van der Waals surface area (Å²) in [7, 11) is 0. The Kier molecular flexibility index (Phi) is 4.02. The molecule has 0 heteroatoms. The van der Waals surface area contributed by atoms with Gasteiger partial charge >= 0.3 is 0 Å². The Morgan fingerprint density at radius 1 is 1.38 bits per heavy atom. The normalized spacial score (nSPS) is 29.4. The van der Waals surface area contributed by atoms with Crippen LogP contribution in [0, 0.1) is 17.8 Å². The molecular formula is C13H24. The Bertz CT molecular complexity index is 178. The van der Waals surface area contributed by atoms with Crippen LogP contribution in [0.1, 0.15) is 53.4 Å². The zero-order chi connectivity index (χ0) is 9.84. The van der Waals surface area contributed by atoms with Crippen molar-refractivity contribution in [3.8, 4) is 0 Å². The summed E-state index contributed by atoms with van der Waals surface area (Å²) in [5, 5.41) is 0. The van der Waals surface area contributed by atoms with Crippen molar-refractivity contribution in [2.45, 2.75) is 53.4 Å². The van der Waals surface area contributed by atoms with E-state index in [1.807, 2.05) is 0 Å². The standard InChI is InChI=1S/C13H24/c1-5-7-8-12-11(4)9-13(12)10(3)6-2/h9-10,12-13H,5-8H2,1-4H3. The monoisotopic (exact) mass is 180 g/mol. The van der Waals surface area contributed by atoms with E-state index in [-0.39, 0.29) is 0 Å². The van der Waals surface area contributed by atoms with Gasteiger partial charge in [-0.15, -0.1) is 0 Å². The predicted octanol–water partition coefficient (Wildman–Crippen LogP) is 4.42. The summed E-state index contributed by atoms with van der Waals surface area (Å²) < 4.78 is 0. The van der Waals surface area contributed by atoms with Crippen molar-refractivity contribution in [3.05, 3.63) is 11.6 Å². The van der Waals surface area contributed by atoms with Crippen molar-refractivity contribution in [2.24, 2.45) is 17.8 Å². The van der Waals surface area contributed by atoms with Gasteiger partial charge in [0.25, 0.3) is 0 Å². The van der Waals surface area contributed by atoms with Crippen LogP contribution in [0.25, 0.3) is 0 Å². The molecule has 0 N–H and O–H groups in total. The van der Waals surface area contributed by atoms with Gasteiger partial charge in [-0.25, -0.2) is 0 Å². The quantitative estimate of drug-likeness (QED) is 0.550. The maximum Gasteiger partial charge on any atom is -0.0140 e. The molecule has 0 bridgehead atoms. The third-order valence-corrected chi connectivity index (χ3v) is 3.67. The van der Waals surface area contributed by atoms with Gasteiger partial charge in [0.2, 0.25) is 0 Å². The lowest BCUT2D eigenvalue weighted by atomic mass is 9.67. The van der Waals surface area contributed by atoms with Crippen LogP contribution in [0.4, 0.5) is 0 Å². The summed E-state index contributed by atoms with van der Waals surface area (Å²) >= 11 is 0. The predicted molar refractivity (Wildman–Crippen MR) is 59.7 cm³/mol. The van der Waals surface area contributed by atoms with Crippen molar-refractivity contribution >= 4 is 0 Å². The fraction of sp³-hybridized carbons (Fsp3) is 0.846. The van der Waals surface area contributed by atoms with Gasteiger partial charge in [-0.1, -0.05) is 51.7 Å². The minimum Gasteiger partial charge on any atom is -0.0813 e. The number of allylic oxidation sites excluding steroid dienone is 2. The topological polar surface area (TPSA) is 0 Å². The van der Waals surface area contributed by atoms with Gasteiger partial charge in [0.05, 0.1) is 0 Å². The Labute approximate surface area is 83.4 Å². The van der Waals surface area contributed by atoms with E-state index in [4.69, 9.17) is 0 Å². The minimum atomic E-state index is 0.894. The Morgan fingerprint density at radius 2 is 2.08 bits per heavy atom. The number of unbranched alkanes of at least 4 members (excludes halogenated alkanes) is 1. The molecule has 0 saturated carbocycles. The van der Waals surface area contributed by atoms with E-state index in [1.54, 1.807) is 5.57 Å². The second-order valence-electron chi connectivity index (χ2n) is 4.62. The molecule has 3 unspecified atom stereocenters. The lowest BCUT2D eigenvalue weighted by Crippen LogP contribution is -2.28. The van der Waals surface area contributed by atoms with E-state index in [9.17, 15) is 0 Å². The fourth-order valence-electron chi connectivity index (χ4n) is 2.41. The molecule has 0 aromatic heterocycles. The SMILES string of the molecule is CCCCC1C(C)=CC1C(C)CC. The van der Waals surface area contributed by atoms with Gasteiger partial charge in [-0.2, -0.15) is 0 Å². The first-order valence-corrected chi connectivity index (χ1v) is 5.89. The lowest BCUT2D eigenvalue weighted by Gasteiger charge is -2.38. The number of hydrogen-bond donors (Lipinski definition) is 0. The molecule has 0 nitrogen and oxygen atoms in total. The van der Waals surface area contributed by atoms with Crippen LogP contribution < -0.4 is 0 Å². The molecule has 0 radical (unpaired) electrons. The zero-order valence-corrected chi connectivity index (χ0v) is 9.64.